The van der Waals surface area contributed by atoms with Crippen molar-refractivity contribution in [2.45, 2.75) is 19.9 Å². The molecule has 0 saturated carbocycles. The van der Waals surface area contributed by atoms with Crippen molar-refractivity contribution in [2.24, 2.45) is 5.10 Å². The number of hydrogen-bond acceptors (Lipinski definition) is 6. The standard InChI is InChI=1S/C20H18N4O5/c1-2-11-23-16-10-6-4-8-14(16)18(25)17(20(23)27)19(26)22-21-12-13-7-3-5-9-15(13)24(28)29/h3-10,12,25H,2,11H2,1H3,(H,22,26). The summed E-state index contributed by atoms with van der Waals surface area (Å²) in [4.78, 5) is 35.8. The number of fused-ring (bicyclic) bond motifs is 1. The van der Waals surface area contributed by atoms with E-state index in [2.05, 4.69) is 10.5 Å². The number of rotatable bonds is 6. The molecule has 148 valence electrons. The van der Waals surface area contributed by atoms with Gasteiger partial charge in [0.25, 0.3) is 17.2 Å². The quantitative estimate of drug-likeness (QED) is 0.378. The normalized spacial score (nSPS) is 11.1. The molecule has 3 aromatic rings. The number of para-hydroxylation sites is 2. The lowest BCUT2D eigenvalue weighted by Crippen LogP contribution is -2.31. The Labute approximate surface area is 165 Å². The van der Waals surface area contributed by atoms with Crippen LogP contribution in [0.3, 0.4) is 0 Å². The van der Waals surface area contributed by atoms with Gasteiger partial charge in [-0.25, -0.2) is 5.43 Å². The molecule has 0 aliphatic carbocycles. The maximum atomic E-state index is 12.8. The number of carbonyl (C=O) groups is 1. The van der Waals surface area contributed by atoms with Gasteiger partial charge in [-0.2, -0.15) is 5.10 Å². The lowest BCUT2D eigenvalue weighted by Gasteiger charge is -2.13. The van der Waals surface area contributed by atoms with Crippen molar-refractivity contribution < 1.29 is 14.8 Å². The average Bonchev–Trinajstić information content (AvgIpc) is 2.71. The third kappa shape index (κ3) is 3.84. The molecule has 0 aliphatic heterocycles. The molecule has 1 heterocycles. The Bertz CT molecular complexity index is 1180. The van der Waals surface area contributed by atoms with E-state index in [0.717, 1.165) is 6.21 Å². The Hall–Kier alpha value is -4.01. The number of benzene rings is 2. The average molecular weight is 394 g/mol. The first-order valence-electron chi connectivity index (χ1n) is 8.87. The molecule has 0 bridgehead atoms. The molecule has 29 heavy (non-hydrogen) atoms. The van der Waals surface area contributed by atoms with Crippen molar-refractivity contribution in [1.29, 1.82) is 0 Å². The molecule has 2 N–H and O–H groups in total. The Morgan fingerprint density at radius 2 is 1.93 bits per heavy atom. The highest BCUT2D eigenvalue weighted by Crippen LogP contribution is 2.26. The number of nitrogens with zero attached hydrogens (tertiary/aromatic N) is 3. The molecule has 9 nitrogen and oxygen atoms in total. The lowest BCUT2D eigenvalue weighted by molar-refractivity contribution is -0.385. The third-order valence-electron chi connectivity index (χ3n) is 4.32. The number of nitro groups is 1. The summed E-state index contributed by atoms with van der Waals surface area (Å²) in [5.41, 5.74) is 1.63. The van der Waals surface area contributed by atoms with E-state index in [9.17, 15) is 24.8 Å². The molecule has 0 saturated heterocycles. The van der Waals surface area contributed by atoms with Crippen LogP contribution in [0.4, 0.5) is 5.69 Å². The largest absolute Gasteiger partial charge is 0.506 e. The van der Waals surface area contributed by atoms with E-state index >= 15 is 0 Å². The minimum absolute atomic E-state index is 0.177. The monoisotopic (exact) mass is 394 g/mol. The predicted octanol–water partition coefficient (Wildman–Crippen LogP) is 2.79. The number of aromatic nitrogens is 1. The van der Waals surface area contributed by atoms with Gasteiger partial charge in [0.05, 0.1) is 22.2 Å². The number of amides is 1. The molecule has 1 amide bonds. The SMILES string of the molecule is CCCn1c(=O)c(C(=O)NN=Cc2ccccc2[N+](=O)[O-])c(O)c2ccccc21. The van der Waals surface area contributed by atoms with Crippen LogP contribution in [0.2, 0.25) is 0 Å². The zero-order valence-electron chi connectivity index (χ0n) is 15.5. The van der Waals surface area contributed by atoms with E-state index in [1.165, 1.54) is 22.8 Å². The Balaban J connectivity index is 1.98. The molecule has 0 aliphatic rings. The number of carbonyl (C=O) groups excluding carboxylic acids is 1. The molecule has 2 aromatic carbocycles. The third-order valence-corrected chi connectivity index (χ3v) is 4.32. The fourth-order valence-electron chi connectivity index (χ4n) is 3.02. The minimum atomic E-state index is -0.905. The van der Waals surface area contributed by atoms with E-state index in [-0.39, 0.29) is 11.3 Å². The second-order valence-electron chi connectivity index (χ2n) is 6.21. The zero-order valence-corrected chi connectivity index (χ0v) is 15.5. The summed E-state index contributed by atoms with van der Waals surface area (Å²) in [6, 6.07) is 12.6. The number of nitro benzene ring substituents is 1. The summed E-state index contributed by atoms with van der Waals surface area (Å²) in [5.74, 6) is -1.34. The van der Waals surface area contributed by atoms with Crippen LogP contribution >= 0.6 is 0 Å². The minimum Gasteiger partial charge on any atom is -0.506 e. The molecule has 0 atom stereocenters. The van der Waals surface area contributed by atoms with Crippen molar-refractivity contribution >= 4 is 28.7 Å². The van der Waals surface area contributed by atoms with Gasteiger partial charge in [0, 0.05) is 18.0 Å². The number of aryl methyl sites for hydroxylation is 1. The van der Waals surface area contributed by atoms with Crippen molar-refractivity contribution in [3.63, 3.8) is 0 Å². The summed E-state index contributed by atoms with van der Waals surface area (Å²) >= 11 is 0. The summed E-state index contributed by atoms with van der Waals surface area (Å²) in [7, 11) is 0. The van der Waals surface area contributed by atoms with Gasteiger partial charge >= 0.3 is 0 Å². The van der Waals surface area contributed by atoms with Crippen molar-refractivity contribution in [1.82, 2.24) is 9.99 Å². The van der Waals surface area contributed by atoms with Gasteiger partial charge in [0.2, 0.25) is 0 Å². The molecular formula is C20H18N4O5. The number of nitrogens with one attached hydrogen (secondary N) is 1. The van der Waals surface area contributed by atoms with Crippen LogP contribution in [0.1, 0.15) is 29.3 Å². The first-order valence-corrected chi connectivity index (χ1v) is 8.87. The molecule has 0 unspecified atom stereocenters. The van der Waals surface area contributed by atoms with Gasteiger partial charge in [-0.15, -0.1) is 0 Å². The Kier molecular flexibility index (Phi) is 5.68. The molecule has 0 fully saturated rings. The van der Waals surface area contributed by atoms with Gasteiger partial charge < -0.3 is 9.67 Å². The Morgan fingerprint density at radius 1 is 1.24 bits per heavy atom. The first-order chi connectivity index (χ1) is 14.0. The molecule has 0 spiro atoms. The fraction of sp³-hybridized carbons (Fsp3) is 0.150. The molecule has 9 heteroatoms. The van der Waals surface area contributed by atoms with Crippen molar-refractivity contribution in [3.05, 3.63) is 80.1 Å². The Morgan fingerprint density at radius 3 is 2.66 bits per heavy atom. The van der Waals surface area contributed by atoms with E-state index in [1.54, 1.807) is 30.3 Å². The topological polar surface area (TPSA) is 127 Å². The van der Waals surface area contributed by atoms with Gasteiger partial charge in [-0.05, 0) is 24.6 Å². The number of pyridine rings is 1. The summed E-state index contributed by atoms with van der Waals surface area (Å²) in [6.07, 6.45) is 1.77. The fourth-order valence-corrected chi connectivity index (χ4v) is 3.02. The maximum Gasteiger partial charge on any atom is 0.280 e. The van der Waals surface area contributed by atoms with Crippen LogP contribution in [0, 0.1) is 10.1 Å². The van der Waals surface area contributed by atoms with E-state index < -0.39 is 27.7 Å². The number of aromatic hydroxyl groups is 1. The lowest BCUT2D eigenvalue weighted by atomic mass is 10.1. The van der Waals surface area contributed by atoms with Crippen LogP contribution in [-0.2, 0) is 6.54 Å². The van der Waals surface area contributed by atoms with E-state index in [0.29, 0.717) is 23.9 Å². The number of hydrazone groups is 1. The smallest absolute Gasteiger partial charge is 0.280 e. The first kappa shape index (κ1) is 19.7. The highest BCUT2D eigenvalue weighted by molar-refractivity contribution is 6.02. The van der Waals surface area contributed by atoms with Crippen LogP contribution in [0.15, 0.2) is 58.4 Å². The van der Waals surface area contributed by atoms with E-state index in [4.69, 9.17) is 0 Å². The van der Waals surface area contributed by atoms with E-state index in [1.807, 2.05) is 6.92 Å². The highest BCUT2D eigenvalue weighted by Gasteiger charge is 2.21. The summed E-state index contributed by atoms with van der Waals surface area (Å²) < 4.78 is 1.43. The van der Waals surface area contributed by atoms with Crippen molar-refractivity contribution in [2.75, 3.05) is 0 Å². The second-order valence-corrected chi connectivity index (χ2v) is 6.21. The maximum absolute atomic E-state index is 12.8. The summed E-state index contributed by atoms with van der Waals surface area (Å²) in [6.45, 7) is 2.27. The second kappa shape index (κ2) is 8.34. The van der Waals surface area contributed by atoms with Gasteiger partial charge in [0.1, 0.15) is 11.3 Å². The predicted molar refractivity (Wildman–Crippen MR) is 108 cm³/mol. The molecule has 0 radical (unpaired) electrons. The molecule has 1 aromatic heterocycles. The van der Waals surface area contributed by atoms with Gasteiger partial charge in [0.15, 0.2) is 0 Å². The molecule has 3 rings (SSSR count). The van der Waals surface area contributed by atoms with Gasteiger partial charge in [-0.1, -0.05) is 31.2 Å². The van der Waals surface area contributed by atoms with Gasteiger partial charge in [-0.3, -0.25) is 19.7 Å². The summed E-state index contributed by atoms with van der Waals surface area (Å²) in [5, 5.41) is 25.6. The van der Waals surface area contributed by atoms with Crippen molar-refractivity contribution in [3.8, 4) is 5.75 Å². The van der Waals surface area contributed by atoms with Crippen LogP contribution < -0.4 is 11.0 Å². The zero-order chi connectivity index (χ0) is 21.0. The molecular weight excluding hydrogens is 376 g/mol. The number of hydrogen-bond donors (Lipinski definition) is 2. The highest BCUT2D eigenvalue weighted by atomic mass is 16.6. The van der Waals surface area contributed by atoms with Crippen LogP contribution in [0.5, 0.6) is 5.75 Å². The van der Waals surface area contributed by atoms with Crippen LogP contribution in [0.25, 0.3) is 10.9 Å². The van der Waals surface area contributed by atoms with Crippen LogP contribution in [-0.4, -0.2) is 26.7 Å².